The van der Waals surface area contributed by atoms with Gasteiger partial charge in [-0.15, -0.1) is 0 Å². The number of phenolic OH excluding ortho intramolecular Hbond substituents is 1. The lowest BCUT2D eigenvalue weighted by Gasteiger charge is -2.32. The number of benzene rings is 1. The van der Waals surface area contributed by atoms with Gasteiger partial charge in [-0.1, -0.05) is 12.1 Å². The molecule has 0 spiro atoms. The molecule has 0 amide bonds. The van der Waals surface area contributed by atoms with Crippen LogP contribution in [0.2, 0.25) is 0 Å². The molecule has 1 aliphatic carbocycles. The van der Waals surface area contributed by atoms with Crippen molar-refractivity contribution in [1.82, 2.24) is 10.2 Å². The molecule has 3 nitrogen and oxygen atoms in total. The quantitative estimate of drug-likeness (QED) is 0.854. The topological polar surface area (TPSA) is 35.5 Å². The van der Waals surface area contributed by atoms with Crippen LogP contribution in [0.1, 0.15) is 44.2 Å². The van der Waals surface area contributed by atoms with Crippen molar-refractivity contribution in [1.29, 1.82) is 0 Å². The Balaban J connectivity index is 1.69. The van der Waals surface area contributed by atoms with E-state index in [0.29, 0.717) is 17.8 Å². The number of aromatic hydroxyl groups is 1. The van der Waals surface area contributed by atoms with E-state index in [0.717, 1.165) is 12.6 Å². The molecule has 1 aromatic rings. The summed E-state index contributed by atoms with van der Waals surface area (Å²) in [6, 6.07) is 9.58. The maximum absolute atomic E-state index is 9.40. The van der Waals surface area contributed by atoms with Crippen LogP contribution in [-0.4, -0.2) is 35.2 Å². The van der Waals surface area contributed by atoms with Gasteiger partial charge in [-0.05, 0) is 56.8 Å². The third-order valence-corrected chi connectivity index (χ3v) is 4.48. The predicted molar refractivity (Wildman–Crippen MR) is 77.3 cm³/mol. The van der Waals surface area contributed by atoms with E-state index in [9.17, 15) is 5.11 Å². The van der Waals surface area contributed by atoms with Gasteiger partial charge in [0.05, 0.1) is 0 Å². The second-order valence-electron chi connectivity index (χ2n) is 5.99. The van der Waals surface area contributed by atoms with Crippen molar-refractivity contribution in [2.75, 3.05) is 13.1 Å². The molecule has 1 aliphatic heterocycles. The van der Waals surface area contributed by atoms with Crippen LogP contribution in [0, 0.1) is 0 Å². The molecule has 2 unspecified atom stereocenters. The van der Waals surface area contributed by atoms with Gasteiger partial charge >= 0.3 is 0 Å². The first-order valence-electron chi connectivity index (χ1n) is 7.52. The van der Waals surface area contributed by atoms with Crippen LogP contribution in [0.4, 0.5) is 0 Å². The maximum atomic E-state index is 9.40. The average Bonchev–Trinajstić information content (AvgIpc) is 3.13. The van der Waals surface area contributed by atoms with Crippen molar-refractivity contribution in [3.05, 3.63) is 29.8 Å². The fourth-order valence-electron chi connectivity index (χ4n) is 3.14. The molecule has 2 N–H and O–H groups in total. The Labute approximate surface area is 115 Å². The molecule has 19 heavy (non-hydrogen) atoms. The van der Waals surface area contributed by atoms with Crippen molar-refractivity contribution in [3.8, 4) is 5.75 Å². The first-order valence-corrected chi connectivity index (χ1v) is 7.52. The van der Waals surface area contributed by atoms with Crippen LogP contribution in [-0.2, 0) is 0 Å². The van der Waals surface area contributed by atoms with E-state index in [1.807, 2.05) is 0 Å². The van der Waals surface area contributed by atoms with Crippen LogP contribution in [0.5, 0.6) is 5.75 Å². The second-order valence-corrected chi connectivity index (χ2v) is 5.99. The number of hydrogen-bond acceptors (Lipinski definition) is 3. The number of hydrogen-bond donors (Lipinski definition) is 2. The highest BCUT2D eigenvalue weighted by atomic mass is 16.3. The van der Waals surface area contributed by atoms with Gasteiger partial charge in [-0.3, -0.25) is 4.90 Å². The van der Waals surface area contributed by atoms with E-state index in [1.165, 1.54) is 37.8 Å². The van der Waals surface area contributed by atoms with Gasteiger partial charge in [0.15, 0.2) is 0 Å². The molecule has 2 aliphatic rings. The molecule has 1 heterocycles. The lowest BCUT2D eigenvalue weighted by Crippen LogP contribution is -2.40. The van der Waals surface area contributed by atoms with Crippen LogP contribution < -0.4 is 5.32 Å². The zero-order valence-electron chi connectivity index (χ0n) is 11.7. The summed E-state index contributed by atoms with van der Waals surface area (Å²) in [5.41, 5.74) is 1.31. The summed E-state index contributed by atoms with van der Waals surface area (Å²) in [4.78, 5) is 2.65. The van der Waals surface area contributed by atoms with Gasteiger partial charge in [0.25, 0.3) is 0 Å². The van der Waals surface area contributed by atoms with E-state index in [-0.39, 0.29) is 0 Å². The van der Waals surface area contributed by atoms with Gasteiger partial charge in [0.1, 0.15) is 5.75 Å². The Morgan fingerprint density at radius 1 is 1.26 bits per heavy atom. The lowest BCUT2D eigenvalue weighted by atomic mass is 10.1. The van der Waals surface area contributed by atoms with E-state index >= 15 is 0 Å². The summed E-state index contributed by atoms with van der Waals surface area (Å²) >= 11 is 0. The van der Waals surface area contributed by atoms with E-state index < -0.39 is 0 Å². The molecule has 2 atom stereocenters. The number of rotatable bonds is 5. The SMILES string of the molecule is CC(c1ccc(O)cc1)N(CC1CCCN1)C1CC1. The first kappa shape index (κ1) is 12.9. The summed E-state index contributed by atoms with van der Waals surface area (Å²) in [6.45, 7) is 4.63. The van der Waals surface area contributed by atoms with Crippen LogP contribution in [0.15, 0.2) is 24.3 Å². The number of nitrogens with one attached hydrogen (secondary N) is 1. The second kappa shape index (κ2) is 5.51. The van der Waals surface area contributed by atoms with Crippen LogP contribution in [0.3, 0.4) is 0 Å². The molecule has 0 bridgehead atoms. The molecule has 3 heteroatoms. The molecule has 3 rings (SSSR count). The van der Waals surface area contributed by atoms with Gasteiger partial charge in [0, 0.05) is 24.7 Å². The highest BCUT2D eigenvalue weighted by molar-refractivity contribution is 5.28. The Kier molecular flexibility index (Phi) is 3.76. The highest BCUT2D eigenvalue weighted by Crippen LogP contribution is 2.35. The monoisotopic (exact) mass is 260 g/mol. The van der Waals surface area contributed by atoms with Crippen molar-refractivity contribution in [3.63, 3.8) is 0 Å². The molecular formula is C16H24N2O. The standard InChI is InChI=1S/C16H24N2O/c1-12(13-4-8-16(19)9-5-13)18(15-6-7-15)11-14-3-2-10-17-14/h4-5,8-9,12,14-15,17,19H,2-3,6-7,10-11H2,1H3. The largest absolute Gasteiger partial charge is 0.508 e. The van der Waals surface area contributed by atoms with Crippen LogP contribution in [0.25, 0.3) is 0 Å². The van der Waals surface area contributed by atoms with Gasteiger partial charge < -0.3 is 10.4 Å². The maximum Gasteiger partial charge on any atom is 0.115 e. The Morgan fingerprint density at radius 3 is 2.58 bits per heavy atom. The summed E-state index contributed by atoms with van der Waals surface area (Å²) in [6.07, 6.45) is 5.31. The van der Waals surface area contributed by atoms with Crippen molar-refractivity contribution in [2.45, 2.75) is 50.7 Å². The van der Waals surface area contributed by atoms with Crippen LogP contribution >= 0.6 is 0 Å². The number of nitrogens with zero attached hydrogens (tertiary/aromatic N) is 1. The third kappa shape index (κ3) is 3.10. The normalized spacial score (nSPS) is 24.8. The molecule has 2 fully saturated rings. The Hall–Kier alpha value is -1.06. The Morgan fingerprint density at radius 2 is 2.00 bits per heavy atom. The van der Waals surface area contributed by atoms with Gasteiger partial charge in [-0.2, -0.15) is 0 Å². The average molecular weight is 260 g/mol. The van der Waals surface area contributed by atoms with Gasteiger partial charge in [-0.25, -0.2) is 0 Å². The molecule has 0 aromatic heterocycles. The zero-order chi connectivity index (χ0) is 13.2. The molecule has 0 radical (unpaired) electrons. The summed E-state index contributed by atoms with van der Waals surface area (Å²) in [5, 5.41) is 13.0. The predicted octanol–water partition coefficient (Wildman–Crippen LogP) is 2.67. The first-order chi connectivity index (χ1) is 9.24. The zero-order valence-corrected chi connectivity index (χ0v) is 11.7. The minimum Gasteiger partial charge on any atom is -0.508 e. The molecule has 104 valence electrons. The van der Waals surface area contributed by atoms with Gasteiger partial charge in [0.2, 0.25) is 0 Å². The number of phenols is 1. The molecule has 1 aromatic carbocycles. The smallest absolute Gasteiger partial charge is 0.115 e. The summed E-state index contributed by atoms with van der Waals surface area (Å²) in [7, 11) is 0. The fraction of sp³-hybridized carbons (Fsp3) is 0.625. The fourth-order valence-corrected chi connectivity index (χ4v) is 3.14. The van der Waals surface area contributed by atoms with E-state index in [2.05, 4.69) is 29.3 Å². The lowest BCUT2D eigenvalue weighted by molar-refractivity contribution is 0.182. The third-order valence-electron chi connectivity index (χ3n) is 4.48. The minimum absolute atomic E-state index is 0.353. The summed E-state index contributed by atoms with van der Waals surface area (Å²) < 4.78 is 0. The molecular weight excluding hydrogens is 236 g/mol. The Bertz CT molecular complexity index is 407. The van der Waals surface area contributed by atoms with E-state index in [4.69, 9.17) is 0 Å². The summed E-state index contributed by atoms with van der Waals surface area (Å²) in [5.74, 6) is 0.353. The van der Waals surface area contributed by atoms with Crippen molar-refractivity contribution in [2.24, 2.45) is 0 Å². The highest BCUT2D eigenvalue weighted by Gasteiger charge is 2.34. The minimum atomic E-state index is 0.353. The van der Waals surface area contributed by atoms with Crippen molar-refractivity contribution >= 4 is 0 Å². The van der Waals surface area contributed by atoms with Crippen molar-refractivity contribution < 1.29 is 5.11 Å². The molecule has 1 saturated carbocycles. The van der Waals surface area contributed by atoms with E-state index in [1.54, 1.807) is 12.1 Å². The molecule has 1 saturated heterocycles.